The summed E-state index contributed by atoms with van der Waals surface area (Å²) in [6, 6.07) is 26.8. The summed E-state index contributed by atoms with van der Waals surface area (Å²) in [5.41, 5.74) is 3.24. The number of methoxy groups -OCH3 is 1. The Hall–Kier alpha value is -4.05. The topological polar surface area (TPSA) is 48.7 Å². The minimum absolute atomic E-state index is 0.0515. The van der Waals surface area contributed by atoms with Gasteiger partial charge in [0, 0.05) is 11.5 Å². The minimum Gasteiger partial charge on any atom is -0.497 e. The zero-order chi connectivity index (χ0) is 21.2. The lowest BCUT2D eigenvalue weighted by atomic mass is 9.89. The molecule has 0 radical (unpaired) electrons. The van der Waals surface area contributed by atoms with Crippen LogP contribution < -0.4 is 9.47 Å². The maximum absolute atomic E-state index is 13.6. The number of carbonyl (C=O) groups is 1. The second-order valence-corrected chi connectivity index (χ2v) is 7.29. The first kappa shape index (κ1) is 18.9. The highest BCUT2D eigenvalue weighted by molar-refractivity contribution is 6.18. The highest BCUT2D eigenvalue weighted by atomic mass is 16.5. The first-order chi connectivity index (χ1) is 15.2. The van der Waals surface area contributed by atoms with Gasteiger partial charge in [-0.15, -0.1) is 0 Å². The maximum atomic E-state index is 13.6. The van der Waals surface area contributed by atoms with E-state index in [1.807, 2.05) is 91.0 Å². The number of furan rings is 1. The van der Waals surface area contributed by atoms with Crippen LogP contribution >= 0.6 is 0 Å². The zero-order valence-corrected chi connectivity index (χ0v) is 16.9. The van der Waals surface area contributed by atoms with Crippen molar-refractivity contribution in [2.75, 3.05) is 7.11 Å². The van der Waals surface area contributed by atoms with Gasteiger partial charge in [0.15, 0.2) is 5.78 Å². The van der Waals surface area contributed by atoms with Gasteiger partial charge in [0.05, 0.1) is 18.9 Å². The summed E-state index contributed by atoms with van der Waals surface area (Å²) < 4.78 is 16.8. The molecule has 152 valence electrons. The van der Waals surface area contributed by atoms with Crippen LogP contribution in [0, 0.1) is 0 Å². The normalized spacial score (nSPS) is 16.4. The zero-order valence-electron chi connectivity index (χ0n) is 16.9. The second kappa shape index (κ2) is 8.00. The highest BCUT2D eigenvalue weighted by Gasteiger charge is 2.38. The summed E-state index contributed by atoms with van der Waals surface area (Å²) in [7, 11) is 1.62. The van der Waals surface area contributed by atoms with Gasteiger partial charge in [0.2, 0.25) is 0 Å². The summed E-state index contributed by atoms with van der Waals surface area (Å²) in [4.78, 5) is 13.6. The summed E-state index contributed by atoms with van der Waals surface area (Å²) in [6.07, 6.45) is 3.44. The first-order valence-electron chi connectivity index (χ1n) is 10.0. The molecule has 31 heavy (non-hydrogen) atoms. The van der Waals surface area contributed by atoms with Gasteiger partial charge in [-0.25, -0.2) is 0 Å². The number of carbonyl (C=O) groups excluding carboxylic acids is 1. The summed E-state index contributed by atoms with van der Waals surface area (Å²) in [5.74, 6) is 2.33. The van der Waals surface area contributed by atoms with Gasteiger partial charge in [0.1, 0.15) is 23.0 Å². The fourth-order valence-electron chi connectivity index (χ4n) is 4.01. The molecule has 3 aromatic carbocycles. The predicted molar refractivity (Wildman–Crippen MR) is 119 cm³/mol. The largest absolute Gasteiger partial charge is 0.497 e. The van der Waals surface area contributed by atoms with Gasteiger partial charge in [-0.3, -0.25) is 4.79 Å². The van der Waals surface area contributed by atoms with Gasteiger partial charge in [-0.05, 0) is 59.7 Å². The lowest BCUT2D eigenvalue weighted by molar-refractivity contribution is 0.103. The molecule has 1 heterocycles. The van der Waals surface area contributed by atoms with E-state index in [1.165, 1.54) is 0 Å². The van der Waals surface area contributed by atoms with Crippen LogP contribution in [-0.2, 0) is 0 Å². The Labute approximate surface area is 180 Å². The number of hydrogen-bond acceptors (Lipinski definition) is 4. The third-order valence-electron chi connectivity index (χ3n) is 5.43. The van der Waals surface area contributed by atoms with Crippen molar-refractivity contribution in [2.45, 2.75) is 5.92 Å². The predicted octanol–water partition coefficient (Wildman–Crippen LogP) is 6.49. The number of rotatable bonds is 5. The van der Waals surface area contributed by atoms with E-state index in [4.69, 9.17) is 13.9 Å². The minimum atomic E-state index is -0.187. The molecular weight excluding hydrogens is 388 g/mol. The molecule has 1 aliphatic rings. The molecule has 4 heteroatoms. The van der Waals surface area contributed by atoms with Crippen molar-refractivity contribution in [1.82, 2.24) is 0 Å². The molecule has 0 unspecified atom stereocenters. The summed E-state index contributed by atoms with van der Waals surface area (Å²) >= 11 is 0. The van der Waals surface area contributed by atoms with Crippen LogP contribution in [0.1, 0.15) is 33.2 Å². The van der Waals surface area contributed by atoms with E-state index in [0.717, 1.165) is 16.9 Å². The Morgan fingerprint density at radius 3 is 2.32 bits per heavy atom. The van der Waals surface area contributed by atoms with Crippen molar-refractivity contribution >= 4 is 11.9 Å². The van der Waals surface area contributed by atoms with Gasteiger partial charge in [-0.1, -0.05) is 42.5 Å². The third kappa shape index (κ3) is 3.53. The molecule has 0 fully saturated rings. The van der Waals surface area contributed by atoms with Crippen LogP contribution in [0.2, 0.25) is 0 Å². The van der Waals surface area contributed by atoms with E-state index in [2.05, 4.69) is 0 Å². The van der Waals surface area contributed by atoms with E-state index in [-0.39, 0.29) is 11.7 Å². The molecule has 0 bridgehead atoms. The van der Waals surface area contributed by atoms with Crippen molar-refractivity contribution in [3.63, 3.8) is 0 Å². The first-order valence-corrected chi connectivity index (χ1v) is 10.0. The average molecular weight is 408 g/mol. The van der Waals surface area contributed by atoms with Crippen molar-refractivity contribution in [3.8, 4) is 17.2 Å². The Bertz CT molecular complexity index is 1240. The number of Topliss-reactive ketones (excluding diaryl/α,β-unsaturated/α-hetero) is 1. The van der Waals surface area contributed by atoms with E-state index in [9.17, 15) is 4.79 Å². The molecule has 5 rings (SSSR count). The molecule has 0 N–H and O–H groups in total. The van der Waals surface area contributed by atoms with Crippen molar-refractivity contribution in [1.29, 1.82) is 0 Å². The van der Waals surface area contributed by atoms with Gasteiger partial charge < -0.3 is 13.9 Å². The number of ketones is 1. The standard InChI is InChI=1S/C27H20O4/c1-29-19-12-14-20(15-13-19)31-24-11-5-10-22-25(18-7-3-2-4-8-18)23(27(28)26(22)24)17-21-9-6-16-30-21/h2-17,25H,1H3/b23-17-/t25-/m1/s1. The van der Waals surface area contributed by atoms with E-state index in [0.29, 0.717) is 28.4 Å². The molecule has 0 aliphatic heterocycles. The quantitative estimate of drug-likeness (QED) is 0.354. The smallest absolute Gasteiger partial charge is 0.194 e. The molecule has 0 spiro atoms. The summed E-state index contributed by atoms with van der Waals surface area (Å²) in [6.45, 7) is 0. The van der Waals surface area contributed by atoms with Crippen LogP contribution in [0.5, 0.6) is 17.2 Å². The van der Waals surface area contributed by atoms with Crippen LogP contribution in [0.15, 0.2) is 101 Å². The van der Waals surface area contributed by atoms with Crippen LogP contribution in [0.4, 0.5) is 0 Å². The highest BCUT2D eigenvalue weighted by Crippen LogP contribution is 2.46. The van der Waals surface area contributed by atoms with Gasteiger partial charge in [-0.2, -0.15) is 0 Å². The molecule has 1 aliphatic carbocycles. The van der Waals surface area contributed by atoms with E-state index >= 15 is 0 Å². The third-order valence-corrected chi connectivity index (χ3v) is 5.43. The van der Waals surface area contributed by atoms with Crippen molar-refractivity contribution in [2.24, 2.45) is 0 Å². The number of allylic oxidation sites excluding steroid dienone is 1. The van der Waals surface area contributed by atoms with E-state index < -0.39 is 0 Å². The van der Waals surface area contributed by atoms with Gasteiger partial charge >= 0.3 is 0 Å². The Balaban J connectivity index is 1.62. The molecule has 4 aromatic rings. The molecule has 0 saturated carbocycles. The fraction of sp³-hybridized carbons (Fsp3) is 0.0741. The Kier molecular flexibility index (Phi) is 4.89. The lowest BCUT2D eigenvalue weighted by Gasteiger charge is -2.14. The molecule has 0 saturated heterocycles. The number of benzene rings is 3. The number of fused-ring (bicyclic) bond motifs is 1. The molecule has 4 nitrogen and oxygen atoms in total. The van der Waals surface area contributed by atoms with Crippen molar-refractivity contribution < 1.29 is 18.7 Å². The number of hydrogen-bond donors (Lipinski definition) is 0. The van der Waals surface area contributed by atoms with Crippen LogP contribution in [-0.4, -0.2) is 12.9 Å². The Morgan fingerprint density at radius 1 is 0.839 bits per heavy atom. The van der Waals surface area contributed by atoms with Gasteiger partial charge in [0.25, 0.3) is 0 Å². The molecule has 0 amide bonds. The fourth-order valence-corrected chi connectivity index (χ4v) is 4.01. The monoisotopic (exact) mass is 408 g/mol. The lowest BCUT2D eigenvalue weighted by Crippen LogP contribution is -2.02. The van der Waals surface area contributed by atoms with Crippen LogP contribution in [0.3, 0.4) is 0 Å². The molecule has 1 atom stereocenters. The molecule has 1 aromatic heterocycles. The van der Waals surface area contributed by atoms with Crippen molar-refractivity contribution in [3.05, 3.63) is 119 Å². The number of ether oxygens (including phenoxy) is 2. The SMILES string of the molecule is COc1ccc(Oc2cccc3c2C(=O)/C(=C\c2ccco2)[C@@H]3c2ccccc2)cc1. The Morgan fingerprint density at radius 2 is 1.61 bits per heavy atom. The second-order valence-electron chi connectivity index (χ2n) is 7.29. The average Bonchev–Trinajstić information content (AvgIpc) is 3.42. The summed E-state index contributed by atoms with van der Waals surface area (Å²) in [5, 5.41) is 0. The van der Waals surface area contributed by atoms with E-state index in [1.54, 1.807) is 13.4 Å². The maximum Gasteiger partial charge on any atom is 0.194 e. The van der Waals surface area contributed by atoms with Crippen LogP contribution in [0.25, 0.3) is 6.08 Å². The molecular formula is C27H20O4.